The van der Waals surface area contributed by atoms with Crippen LogP contribution in [0.1, 0.15) is 27.4 Å². The maximum Gasteiger partial charge on any atom is 0.338 e. The highest BCUT2D eigenvalue weighted by Gasteiger charge is 2.32. The minimum atomic E-state index is -0.687. The highest BCUT2D eigenvalue weighted by molar-refractivity contribution is 7.98. The normalized spacial score (nSPS) is 13.7. The first-order valence-electron chi connectivity index (χ1n) is 11.3. The maximum absolute atomic E-state index is 13.0. The summed E-state index contributed by atoms with van der Waals surface area (Å²) < 4.78 is 22.5. The first-order chi connectivity index (χ1) is 17.8. The maximum atomic E-state index is 13.0. The fraction of sp³-hybridized carbons (Fsp3) is 0.259. The van der Waals surface area contributed by atoms with Crippen molar-refractivity contribution in [1.82, 2.24) is 0 Å². The number of esters is 1. The molecule has 192 valence electrons. The molecule has 37 heavy (non-hydrogen) atoms. The Balaban J connectivity index is 1.79. The minimum absolute atomic E-state index is 0.0390. The zero-order chi connectivity index (χ0) is 26.7. The molecule has 0 heterocycles. The molecular formula is C27H25NO8S. The predicted octanol–water partition coefficient (Wildman–Crippen LogP) is 4.87. The Labute approximate surface area is 217 Å². The second-order valence-corrected chi connectivity index (χ2v) is 9.11. The van der Waals surface area contributed by atoms with Crippen molar-refractivity contribution in [2.45, 2.75) is 17.2 Å². The number of benzene rings is 2. The average Bonchev–Trinajstić information content (AvgIpc) is 3.08. The highest BCUT2D eigenvalue weighted by atomic mass is 32.2. The number of hydrogen-bond donors (Lipinski definition) is 0. The van der Waals surface area contributed by atoms with Crippen molar-refractivity contribution in [1.29, 1.82) is 0 Å². The molecule has 0 unspecified atom stereocenters. The lowest BCUT2D eigenvalue weighted by Gasteiger charge is -2.29. The second-order valence-electron chi connectivity index (χ2n) is 8.27. The third kappa shape index (κ3) is 4.97. The SMILES string of the molecule is COc1cc2c(c(OC)c1OC)-c1ccc(SC)c(=O)cc1[C@@H](COC(=O)c1cccc([N+](=O)[O-])c1)C2. The number of fused-ring (bicyclic) bond motifs is 3. The van der Waals surface area contributed by atoms with Crippen LogP contribution in [0.5, 0.6) is 17.2 Å². The van der Waals surface area contributed by atoms with E-state index in [-0.39, 0.29) is 29.2 Å². The Morgan fingerprint density at radius 2 is 1.81 bits per heavy atom. The number of carbonyl (C=O) groups is 1. The predicted molar refractivity (Wildman–Crippen MR) is 139 cm³/mol. The summed E-state index contributed by atoms with van der Waals surface area (Å²) >= 11 is 1.34. The van der Waals surface area contributed by atoms with Gasteiger partial charge >= 0.3 is 5.97 Å². The molecule has 1 aliphatic carbocycles. The van der Waals surface area contributed by atoms with E-state index in [2.05, 4.69) is 0 Å². The van der Waals surface area contributed by atoms with E-state index < -0.39 is 10.9 Å². The largest absolute Gasteiger partial charge is 0.493 e. The van der Waals surface area contributed by atoms with Gasteiger partial charge in [0.15, 0.2) is 16.9 Å². The van der Waals surface area contributed by atoms with Gasteiger partial charge in [0.05, 0.1) is 43.3 Å². The van der Waals surface area contributed by atoms with Crippen LogP contribution in [0.25, 0.3) is 11.1 Å². The summed E-state index contributed by atoms with van der Waals surface area (Å²) in [5, 5.41) is 11.1. The van der Waals surface area contributed by atoms with Crippen LogP contribution < -0.4 is 19.6 Å². The van der Waals surface area contributed by atoms with Gasteiger partial charge in [-0.2, -0.15) is 0 Å². The van der Waals surface area contributed by atoms with Gasteiger partial charge in [0, 0.05) is 23.6 Å². The summed E-state index contributed by atoms with van der Waals surface area (Å²) in [6.45, 7) is -0.0390. The van der Waals surface area contributed by atoms with Crippen LogP contribution in [0.15, 0.2) is 58.2 Å². The monoisotopic (exact) mass is 523 g/mol. The molecule has 3 aromatic rings. The zero-order valence-electron chi connectivity index (χ0n) is 20.7. The molecule has 0 N–H and O–H groups in total. The molecule has 0 saturated carbocycles. The standard InChI is InChI=1S/C27H25NO8S/c1-33-22-12-16-10-17(14-36-27(30)15-6-5-7-18(11-15)28(31)32)20-13-21(29)23(37-4)9-8-19(20)24(16)26(35-3)25(22)34-2/h5-9,11-13,17H,10,14H2,1-4H3/t17-/m1/s1. The van der Waals surface area contributed by atoms with Gasteiger partial charge in [-0.05, 0) is 53.6 Å². The quantitative estimate of drug-likeness (QED) is 0.177. The van der Waals surface area contributed by atoms with Crippen LogP contribution in [-0.2, 0) is 11.2 Å². The fourth-order valence-corrected chi connectivity index (χ4v) is 5.02. The fourth-order valence-electron chi connectivity index (χ4n) is 4.55. The molecule has 3 aromatic carbocycles. The van der Waals surface area contributed by atoms with E-state index in [1.165, 1.54) is 50.2 Å². The molecule has 10 heteroatoms. The number of hydrogen-bond acceptors (Lipinski definition) is 9. The molecule has 0 bridgehead atoms. The van der Waals surface area contributed by atoms with Gasteiger partial charge in [-0.15, -0.1) is 11.8 Å². The van der Waals surface area contributed by atoms with E-state index in [9.17, 15) is 19.7 Å². The van der Waals surface area contributed by atoms with E-state index in [0.717, 1.165) is 16.7 Å². The van der Waals surface area contributed by atoms with E-state index in [0.29, 0.717) is 34.1 Å². The molecule has 0 fully saturated rings. The molecular weight excluding hydrogens is 498 g/mol. The number of methoxy groups -OCH3 is 3. The molecule has 0 radical (unpaired) electrons. The van der Waals surface area contributed by atoms with Gasteiger partial charge in [0.2, 0.25) is 5.75 Å². The van der Waals surface area contributed by atoms with Crippen LogP contribution >= 0.6 is 11.8 Å². The number of thioether (sulfide) groups is 1. The summed E-state index contributed by atoms with van der Waals surface area (Å²) in [6.07, 6.45) is 2.26. The topological polar surface area (TPSA) is 114 Å². The average molecular weight is 524 g/mol. The van der Waals surface area contributed by atoms with Gasteiger partial charge in [0.25, 0.3) is 5.69 Å². The van der Waals surface area contributed by atoms with Gasteiger partial charge in [-0.25, -0.2) is 4.79 Å². The van der Waals surface area contributed by atoms with Crippen LogP contribution in [0.2, 0.25) is 0 Å². The van der Waals surface area contributed by atoms with E-state index in [1.807, 2.05) is 18.4 Å². The smallest absolute Gasteiger partial charge is 0.338 e. The molecule has 9 nitrogen and oxygen atoms in total. The number of nitro groups is 1. The van der Waals surface area contributed by atoms with Crippen molar-refractivity contribution < 1.29 is 28.7 Å². The Hall–Kier alpha value is -4.05. The molecule has 0 saturated heterocycles. The molecule has 0 aromatic heterocycles. The van der Waals surface area contributed by atoms with Gasteiger partial charge in [0.1, 0.15) is 0 Å². The van der Waals surface area contributed by atoms with Gasteiger partial charge in [-0.1, -0.05) is 12.1 Å². The van der Waals surface area contributed by atoms with Crippen molar-refractivity contribution >= 4 is 23.4 Å². The van der Waals surface area contributed by atoms with Gasteiger partial charge < -0.3 is 18.9 Å². The summed E-state index contributed by atoms with van der Waals surface area (Å²) in [7, 11) is 4.60. The molecule has 0 amide bonds. The second kappa shape index (κ2) is 10.9. The summed E-state index contributed by atoms with van der Waals surface area (Å²) in [5.74, 6) is 0.360. The van der Waals surface area contributed by atoms with Crippen molar-refractivity contribution in [3.8, 4) is 28.4 Å². The van der Waals surface area contributed by atoms with E-state index >= 15 is 0 Å². The Morgan fingerprint density at radius 1 is 1.05 bits per heavy atom. The molecule has 1 atom stereocenters. The lowest BCUT2D eigenvalue weighted by atomic mass is 9.79. The van der Waals surface area contributed by atoms with E-state index in [1.54, 1.807) is 19.2 Å². The molecule has 0 spiro atoms. The van der Waals surface area contributed by atoms with Gasteiger partial charge in [-0.3, -0.25) is 14.9 Å². The number of ether oxygens (including phenoxy) is 4. The summed E-state index contributed by atoms with van der Waals surface area (Å²) in [5.41, 5.74) is 2.84. The van der Waals surface area contributed by atoms with Crippen LogP contribution in [-0.4, -0.2) is 45.1 Å². The highest BCUT2D eigenvalue weighted by Crippen LogP contribution is 2.51. The lowest BCUT2D eigenvalue weighted by molar-refractivity contribution is -0.384. The first kappa shape index (κ1) is 26.0. The van der Waals surface area contributed by atoms with Crippen LogP contribution in [0.4, 0.5) is 5.69 Å². The number of non-ortho nitro benzene ring substituents is 1. The number of rotatable bonds is 8. The van der Waals surface area contributed by atoms with Crippen molar-refractivity contribution in [3.63, 3.8) is 0 Å². The zero-order valence-corrected chi connectivity index (χ0v) is 21.5. The van der Waals surface area contributed by atoms with E-state index in [4.69, 9.17) is 18.9 Å². The molecule has 0 aliphatic heterocycles. The third-order valence-corrected chi connectivity index (χ3v) is 7.03. The molecule has 1 aliphatic rings. The summed E-state index contributed by atoms with van der Waals surface area (Å²) in [4.78, 5) is 36.8. The molecule has 4 rings (SSSR count). The third-order valence-electron chi connectivity index (χ3n) is 6.26. The summed E-state index contributed by atoms with van der Waals surface area (Å²) in [6, 6.07) is 12.4. The number of carbonyl (C=O) groups excluding carboxylic acids is 1. The number of nitrogens with zero attached hydrogens (tertiary/aromatic N) is 1. The Bertz CT molecular complexity index is 1440. The van der Waals surface area contributed by atoms with Crippen LogP contribution in [0.3, 0.4) is 0 Å². The first-order valence-corrected chi connectivity index (χ1v) is 12.5. The minimum Gasteiger partial charge on any atom is -0.493 e. The Morgan fingerprint density at radius 3 is 2.46 bits per heavy atom. The van der Waals surface area contributed by atoms with Crippen molar-refractivity contribution in [2.75, 3.05) is 34.2 Å². The van der Waals surface area contributed by atoms with Crippen molar-refractivity contribution in [2.24, 2.45) is 0 Å². The van der Waals surface area contributed by atoms with Crippen molar-refractivity contribution in [3.05, 3.63) is 85.6 Å². The van der Waals surface area contributed by atoms with Crippen LogP contribution in [0, 0.1) is 10.1 Å². The lowest BCUT2D eigenvalue weighted by Crippen LogP contribution is -2.20. The number of nitro benzene ring substituents is 1. The Kier molecular flexibility index (Phi) is 7.68.